The highest BCUT2D eigenvalue weighted by molar-refractivity contribution is 4.88. The first kappa shape index (κ1) is 10.5. The molecule has 2 atom stereocenters. The average molecular weight is 211 g/mol. The van der Waals surface area contributed by atoms with E-state index in [0.717, 1.165) is 25.3 Å². The van der Waals surface area contributed by atoms with Crippen LogP contribution in [-0.2, 0) is 11.3 Å². The van der Waals surface area contributed by atoms with Gasteiger partial charge in [0.15, 0.2) is 5.82 Å². The van der Waals surface area contributed by atoms with Crippen LogP contribution < -0.4 is 5.73 Å². The van der Waals surface area contributed by atoms with Crippen molar-refractivity contribution in [1.29, 1.82) is 0 Å². The van der Waals surface area contributed by atoms with Crippen molar-refractivity contribution in [3.63, 3.8) is 0 Å². The first-order valence-electron chi connectivity index (χ1n) is 5.40. The third-order valence-electron chi connectivity index (χ3n) is 2.62. The number of aromatic nitrogens is 4. The number of nitrogens with zero attached hydrogens (tertiary/aromatic N) is 4. The van der Waals surface area contributed by atoms with Crippen LogP contribution >= 0.6 is 0 Å². The standard InChI is InChI=1S/C9H17N5O/c1-7(10)9-11-12-13-14(9)6-8-4-2-3-5-15-8/h7-8H,2-6,10H2,1H3. The number of hydrogen-bond acceptors (Lipinski definition) is 5. The molecule has 0 saturated carbocycles. The summed E-state index contributed by atoms with van der Waals surface area (Å²) in [5.41, 5.74) is 5.76. The second-order valence-corrected chi connectivity index (χ2v) is 4.00. The Labute approximate surface area is 88.8 Å². The highest BCUT2D eigenvalue weighted by Crippen LogP contribution is 2.15. The molecule has 0 aliphatic carbocycles. The fourth-order valence-electron chi connectivity index (χ4n) is 1.81. The van der Waals surface area contributed by atoms with E-state index >= 15 is 0 Å². The molecule has 6 nitrogen and oxygen atoms in total. The van der Waals surface area contributed by atoms with Crippen molar-refractivity contribution in [3.8, 4) is 0 Å². The highest BCUT2D eigenvalue weighted by atomic mass is 16.5. The van der Waals surface area contributed by atoms with Crippen molar-refractivity contribution in [2.24, 2.45) is 5.73 Å². The van der Waals surface area contributed by atoms with Crippen LogP contribution in [0.2, 0.25) is 0 Å². The Hall–Kier alpha value is -1.01. The van der Waals surface area contributed by atoms with Gasteiger partial charge in [-0.25, -0.2) is 4.68 Å². The summed E-state index contributed by atoms with van der Waals surface area (Å²) in [5.74, 6) is 0.726. The molecule has 0 spiro atoms. The van der Waals surface area contributed by atoms with Crippen LogP contribution in [0.25, 0.3) is 0 Å². The maximum atomic E-state index is 5.76. The van der Waals surface area contributed by atoms with Gasteiger partial charge in [0.1, 0.15) is 0 Å². The van der Waals surface area contributed by atoms with Crippen LogP contribution in [0.4, 0.5) is 0 Å². The summed E-state index contributed by atoms with van der Waals surface area (Å²) in [6.07, 6.45) is 3.70. The lowest BCUT2D eigenvalue weighted by molar-refractivity contribution is 0.00306. The average Bonchev–Trinajstić information content (AvgIpc) is 2.67. The molecule has 84 valence electrons. The number of hydrogen-bond donors (Lipinski definition) is 1. The van der Waals surface area contributed by atoms with Gasteiger partial charge in [0.25, 0.3) is 0 Å². The number of tetrazole rings is 1. The van der Waals surface area contributed by atoms with Crippen molar-refractivity contribution >= 4 is 0 Å². The fourth-order valence-corrected chi connectivity index (χ4v) is 1.81. The van der Waals surface area contributed by atoms with E-state index in [0.29, 0.717) is 6.54 Å². The molecule has 2 N–H and O–H groups in total. The van der Waals surface area contributed by atoms with E-state index < -0.39 is 0 Å². The Morgan fingerprint density at radius 3 is 3.13 bits per heavy atom. The van der Waals surface area contributed by atoms with Gasteiger partial charge in [0, 0.05) is 6.61 Å². The summed E-state index contributed by atoms with van der Waals surface area (Å²) >= 11 is 0. The van der Waals surface area contributed by atoms with E-state index in [-0.39, 0.29) is 12.1 Å². The van der Waals surface area contributed by atoms with Crippen LogP contribution in [-0.4, -0.2) is 32.9 Å². The Morgan fingerprint density at radius 2 is 2.47 bits per heavy atom. The van der Waals surface area contributed by atoms with Crippen LogP contribution in [0.3, 0.4) is 0 Å². The molecule has 1 aromatic rings. The summed E-state index contributed by atoms with van der Waals surface area (Å²) in [6, 6.07) is -0.136. The molecular weight excluding hydrogens is 194 g/mol. The smallest absolute Gasteiger partial charge is 0.167 e. The van der Waals surface area contributed by atoms with E-state index in [1.54, 1.807) is 4.68 Å². The molecule has 2 unspecified atom stereocenters. The molecule has 2 rings (SSSR count). The van der Waals surface area contributed by atoms with Crippen molar-refractivity contribution in [2.45, 2.75) is 44.9 Å². The van der Waals surface area contributed by atoms with Gasteiger partial charge in [-0.3, -0.25) is 0 Å². The van der Waals surface area contributed by atoms with E-state index in [4.69, 9.17) is 10.5 Å². The molecule has 6 heteroatoms. The lowest BCUT2D eigenvalue weighted by Gasteiger charge is -2.22. The first-order valence-corrected chi connectivity index (χ1v) is 5.40. The van der Waals surface area contributed by atoms with Gasteiger partial charge in [-0.2, -0.15) is 0 Å². The summed E-state index contributed by atoms with van der Waals surface area (Å²) in [5, 5.41) is 11.5. The second-order valence-electron chi connectivity index (χ2n) is 4.00. The van der Waals surface area contributed by atoms with Gasteiger partial charge in [-0.05, 0) is 36.6 Å². The van der Waals surface area contributed by atoms with E-state index in [1.165, 1.54) is 6.42 Å². The summed E-state index contributed by atoms with van der Waals surface area (Å²) < 4.78 is 7.38. The number of rotatable bonds is 3. The predicted octanol–water partition coefficient (Wildman–Crippen LogP) is 0.262. The van der Waals surface area contributed by atoms with Gasteiger partial charge in [-0.15, -0.1) is 5.10 Å². The molecule has 15 heavy (non-hydrogen) atoms. The van der Waals surface area contributed by atoms with E-state index in [2.05, 4.69) is 15.5 Å². The Balaban J connectivity index is 1.99. The molecule has 2 heterocycles. The molecule has 0 aromatic carbocycles. The molecule has 1 aliphatic heterocycles. The zero-order chi connectivity index (χ0) is 10.7. The maximum absolute atomic E-state index is 5.76. The van der Waals surface area contributed by atoms with Gasteiger partial charge < -0.3 is 10.5 Å². The topological polar surface area (TPSA) is 78.9 Å². The fraction of sp³-hybridized carbons (Fsp3) is 0.889. The quantitative estimate of drug-likeness (QED) is 0.776. The predicted molar refractivity (Wildman–Crippen MR) is 54.0 cm³/mol. The van der Waals surface area contributed by atoms with Crippen molar-refractivity contribution < 1.29 is 4.74 Å². The zero-order valence-electron chi connectivity index (χ0n) is 8.96. The summed E-state index contributed by atoms with van der Waals surface area (Å²) in [6.45, 7) is 3.44. The Bertz CT molecular complexity index is 305. The summed E-state index contributed by atoms with van der Waals surface area (Å²) in [4.78, 5) is 0. The largest absolute Gasteiger partial charge is 0.376 e. The van der Waals surface area contributed by atoms with Gasteiger partial charge >= 0.3 is 0 Å². The third kappa shape index (κ3) is 2.51. The van der Waals surface area contributed by atoms with Crippen molar-refractivity contribution in [1.82, 2.24) is 20.2 Å². The molecule has 1 aliphatic rings. The van der Waals surface area contributed by atoms with E-state index in [1.807, 2.05) is 6.92 Å². The minimum Gasteiger partial charge on any atom is -0.376 e. The second kappa shape index (κ2) is 4.67. The molecule has 0 radical (unpaired) electrons. The minimum atomic E-state index is -0.136. The molecular formula is C9H17N5O. The maximum Gasteiger partial charge on any atom is 0.167 e. The summed E-state index contributed by atoms with van der Waals surface area (Å²) in [7, 11) is 0. The molecule has 1 fully saturated rings. The van der Waals surface area contributed by atoms with Crippen LogP contribution in [0.1, 0.15) is 38.1 Å². The number of nitrogens with two attached hydrogens (primary N) is 1. The van der Waals surface area contributed by atoms with Crippen molar-refractivity contribution in [2.75, 3.05) is 6.61 Å². The van der Waals surface area contributed by atoms with Crippen molar-refractivity contribution in [3.05, 3.63) is 5.82 Å². The van der Waals surface area contributed by atoms with Gasteiger partial charge in [-0.1, -0.05) is 0 Å². The SMILES string of the molecule is CC(N)c1nnnn1CC1CCCCO1. The van der Waals surface area contributed by atoms with Crippen LogP contribution in [0, 0.1) is 0 Å². The molecule has 0 amide bonds. The highest BCUT2D eigenvalue weighted by Gasteiger charge is 2.18. The normalized spacial score (nSPS) is 24.0. The Morgan fingerprint density at radius 1 is 1.60 bits per heavy atom. The van der Waals surface area contributed by atoms with Gasteiger partial charge in [0.2, 0.25) is 0 Å². The van der Waals surface area contributed by atoms with E-state index in [9.17, 15) is 0 Å². The zero-order valence-corrected chi connectivity index (χ0v) is 8.96. The van der Waals surface area contributed by atoms with Crippen LogP contribution in [0.5, 0.6) is 0 Å². The minimum absolute atomic E-state index is 0.136. The Kier molecular flexibility index (Phi) is 3.27. The third-order valence-corrected chi connectivity index (χ3v) is 2.62. The molecule has 0 bridgehead atoms. The van der Waals surface area contributed by atoms with Gasteiger partial charge in [0.05, 0.1) is 18.7 Å². The lowest BCUT2D eigenvalue weighted by Crippen LogP contribution is -2.27. The monoisotopic (exact) mass is 211 g/mol. The van der Waals surface area contributed by atoms with Crippen LogP contribution in [0.15, 0.2) is 0 Å². The molecule has 1 aromatic heterocycles. The molecule has 1 saturated heterocycles. The number of ether oxygens (including phenoxy) is 1. The first-order chi connectivity index (χ1) is 7.27. The lowest BCUT2D eigenvalue weighted by atomic mass is 10.1.